The minimum atomic E-state index is -0.419. The minimum Gasteiger partial charge on any atom is -0.494 e. The van der Waals surface area contributed by atoms with Gasteiger partial charge in [-0.25, -0.2) is 0 Å². The van der Waals surface area contributed by atoms with E-state index in [0.29, 0.717) is 35.8 Å². The molecule has 8 heteroatoms. The Hall–Kier alpha value is -3.39. The predicted molar refractivity (Wildman–Crippen MR) is 110 cm³/mol. The molecular formula is C20H21N3O4S. The molecule has 0 heterocycles. The highest BCUT2D eigenvalue weighted by atomic mass is 32.1. The maximum atomic E-state index is 12.2. The average Bonchev–Trinajstić information content (AvgIpc) is 2.71. The van der Waals surface area contributed by atoms with Crippen molar-refractivity contribution in [3.8, 4) is 11.5 Å². The van der Waals surface area contributed by atoms with Gasteiger partial charge in [0, 0.05) is 11.1 Å². The molecule has 0 atom stereocenters. The van der Waals surface area contributed by atoms with E-state index >= 15 is 0 Å². The second-order valence-electron chi connectivity index (χ2n) is 5.45. The maximum absolute atomic E-state index is 12.2. The van der Waals surface area contributed by atoms with Crippen LogP contribution in [0.4, 0.5) is 0 Å². The van der Waals surface area contributed by atoms with Crippen LogP contribution >= 0.6 is 12.2 Å². The Morgan fingerprint density at radius 3 is 2.43 bits per heavy atom. The fourth-order valence-corrected chi connectivity index (χ4v) is 2.29. The fraction of sp³-hybridized carbons (Fsp3) is 0.150. The SMILES string of the molecule is C=CCOc1ccc(C(=O)NNC(=S)NC(=O)c2cccc(OCC)c2)cc1. The van der Waals surface area contributed by atoms with Crippen LogP contribution in [-0.4, -0.2) is 30.1 Å². The van der Waals surface area contributed by atoms with Crippen LogP contribution in [0.25, 0.3) is 0 Å². The van der Waals surface area contributed by atoms with Crippen molar-refractivity contribution in [1.82, 2.24) is 16.2 Å². The summed E-state index contributed by atoms with van der Waals surface area (Å²) in [6.07, 6.45) is 1.63. The van der Waals surface area contributed by atoms with E-state index < -0.39 is 11.8 Å². The summed E-state index contributed by atoms with van der Waals surface area (Å²) in [5.74, 6) is 0.381. The van der Waals surface area contributed by atoms with Gasteiger partial charge in [-0.15, -0.1) is 0 Å². The highest BCUT2D eigenvalue weighted by Crippen LogP contribution is 2.13. The summed E-state index contributed by atoms with van der Waals surface area (Å²) in [6, 6.07) is 13.3. The molecule has 0 aromatic heterocycles. The second-order valence-corrected chi connectivity index (χ2v) is 5.86. The molecule has 0 spiro atoms. The summed E-state index contributed by atoms with van der Waals surface area (Å²) in [5, 5.41) is 2.45. The van der Waals surface area contributed by atoms with E-state index in [1.54, 1.807) is 54.6 Å². The summed E-state index contributed by atoms with van der Waals surface area (Å²) in [4.78, 5) is 24.3. The molecule has 0 fully saturated rings. The van der Waals surface area contributed by atoms with Crippen molar-refractivity contribution in [3.63, 3.8) is 0 Å². The largest absolute Gasteiger partial charge is 0.494 e. The van der Waals surface area contributed by atoms with Gasteiger partial charge >= 0.3 is 0 Å². The Morgan fingerprint density at radius 1 is 1.00 bits per heavy atom. The zero-order chi connectivity index (χ0) is 20.4. The number of hydrogen-bond donors (Lipinski definition) is 3. The van der Waals surface area contributed by atoms with Gasteiger partial charge in [0.05, 0.1) is 6.61 Å². The zero-order valence-electron chi connectivity index (χ0n) is 15.4. The average molecular weight is 399 g/mol. The van der Waals surface area contributed by atoms with Gasteiger partial charge < -0.3 is 9.47 Å². The van der Waals surface area contributed by atoms with Gasteiger partial charge in [0.2, 0.25) is 0 Å². The molecule has 28 heavy (non-hydrogen) atoms. The number of hydrogen-bond acceptors (Lipinski definition) is 5. The van der Waals surface area contributed by atoms with Crippen LogP contribution in [0.3, 0.4) is 0 Å². The summed E-state index contributed by atoms with van der Waals surface area (Å²) >= 11 is 5.03. The van der Waals surface area contributed by atoms with Crippen molar-refractivity contribution in [2.45, 2.75) is 6.92 Å². The molecule has 0 aliphatic rings. The van der Waals surface area contributed by atoms with Crippen LogP contribution in [0.5, 0.6) is 11.5 Å². The fourth-order valence-electron chi connectivity index (χ4n) is 2.14. The normalized spacial score (nSPS) is 9.75. The van der Waals surface area contributed by atoms with Crippen LogP contribution in [-0.2, 0) is 0 Å². The zero-order valence-corrected chi connectivity index (χ0v) is 16.2. The first kappa shape index (κ1) is 20.9. The molecule has 2 rings (SSSR count). The van der Waals surface area contributed by atoms with E-state index in [1.807, 2.05) is 6.92 Å². The lowest BCUT2D eigenvalue weighted by atomic mass is 10.2. The number of benzene rings is 2. The standard InChI is InChI=1S/C20H21N3O4S/c1-3-12-27-16-10-8-14(9-11-16)19(25)22-23-20(28)21-18(24)15-6-5-7-17(13-15)26-4-2/h3,5-11,13H,1,4,12H2,2H3,(H,22,25)(H2,21,23,24,28). The van der Waals surface area contributed by atoms with Gasteiger partial charge in [-0.1, -0.05) is 18.7 Å². The number of carbonyl (C=O) groups excluding carboxylic acids is 2. The number of rotatable bonds is 7. The molecule has 0 radical (unpaired) electrons. The van der Waals surface area contributed by atoms with Crippen molar-refractivity contribution < 1.29 is 19.1 Å². The van der Waals surface area contributed by atoms with Crippen molar-refractivity contribution in [2.75, 3.05) is 13.2 Å². The van der Waals surface area contributed by atoms with Crippen LogP contribution in [0.15, 0.2) is 61.2 Å². The Morgan fingerprint density at radius 2 is 1.75 bits per heavy atom. The van der Waals surface area contributed by atoms with Crippen LogP contribution in [0.1, 0.15) is 27.6 Å². The summed E-state index contributed by atoms with van der Waals surface area (Å²) in [7, 11) is 0. The third-order valence-electron chi connectivity index (χ3n) is 3.41. The van der Waals surface area contributed by atoms with Gasteiger partial charge in [0.15, 0.2) is 5.11 Å². The first-order valence-electron chi connectivity index (χ1n) is 8.51. The summed E-state index contributed by atoms with van der Waals surface area (Å²) in [6.45, 7) is 6.31. The Labute approximate surface area is 168 Å². The van der Waals surface area contributed by atoms with E-state index in [9.17, 15) is 9.59 Å². The second kappa shape index (κ2) is 10.7. The Bertz CT molecular complexity index is 853. The van der Waals surface area contributed by atoms with Gasteiger partial charge in [-0.05, 0) is 61.6 Å². The van der Waals surface area contributed by atoms with Gasteiger partial charge in [0.1, 0.15) is 18.1 Å². The van der Waals surface area contributed by atoms with Crippen LogP contribution in [0, 0.1) is 0 Å². The van der Waals surface area contributed by atoms with E-state index in [2.05, 4.69) is 22.7 Å². The number of carbonyl (C=O) groups is 2. The predicted octanol–water partition coefficient (Wildman–Crippen LogP) is 2.60. The Balaban J connectivity index is 1.84. The van der Waals surface area contributed by atoms with Crippen molar-refractivity contribution >= 4 is 29.1 Å². The summed E-state index contributed by atoms with van der Waals surface area (Å²) in [5.41, 5.74) is 5.70. The first-order valence-corrected chi connectivity index (χ1v) is 8.92. The molecule has 3 N–H and O–H groups in total. The molecule has 2 aromatic carbocycles. The first-order chi connectivity index (χ1) is 13.5. The topological polar surface area (TPSA) is 88.7 Å². The number of thiocarbonyl (C=S) groups is 1. The quantitative estimate of drug-likeness (QED) is 0.377. The summed E-state index contributed by atoms with van der Waals surface area (Å²) < 4.78 is 10.7. The van der Waals surface area contributed by atoms with E-state index in [1.165, 1.54) is 0 Å². The third-order valence-corrected chi connectivity index (χ3v) is 3.61. The van der Waals surface area contributed by atoms with E-state index in [4.69, 9.17) is 21.7 Å². The van der Waals surface area contributed by atoms with E-state index in [0.717, 1.165) is 0 Å². The number of ether oxygens (including phenoxy) is 2. The minimum absolute atomic E-state index is 0.0360. The van der Waals surface area contributed by atoms with Crippen LogP contribution < -0.4 is 25.6 Å². The molecule has 0 bridgehead atoms. The lowest BCUT2D eigenvalue weighted by Crippen LogP contribution is -2.48. The van der Waals surface area contributed by atoms with Crippen LogP contribution in [0.2, 0.25) is 0 Å². The molecule has 0 saturated carbocycles. The third kappa shape index (κ3) is 6.40. The lowest BCUT2D eigenvalue weighted by Gasteiger charge is -2.11. The smallest absolute Gasteiger partial charge is 0.269 e. The lowest BCUT2D eigenvalue weighted by molar-refractivity contribution is 0.0934. The number of amides is 2. The van der Waals surface area contributed by atoms with E-state index in [-0.39, 0.29) is 5.11 Å². The molecular weight excluding hydrogens is 378 g/mol. The molecule has 146 valence electrons. The molecule has 0 unspecified atom stereocenters. The highest BCUT2D eigenvalue weighted by molar-refractivity contribution is 7.80. The molecule has 0 aliphatic heterocycles. The maximum Gasteiger partial charge on any atom is 0.269 e. The van der Waals surface area contributed by atoms with Crippen molar-refractivity contribution in [2.24, 2.45) is 0 Å². The molecule has 2 amide bonds. The number of hydrazine groups is 1. The van der Waals surface area contributed by atoms with Crippen molar-refractivity contribution in [3.05, 3.63) is 72.3 Å². The monoisotopic (exact) mass is 399 g/mol. The molecule has 0 saturated heterocycles. The molecule has 2 aromatic rings. The Kier molecular flexibility index (Phi) is 7.98. The van der Waals surface area contributed by atoms with Gasteiger partial charge in [-0.2, -0.15) is 0 Å². The highest BCUT2D eigenvalue weighted by Gasteiger charge is 2.10. The van der Waals surface area contributed by atoms with Crippen molar-refractivity contribution in [1.29, 1.82) is 0 Å². The molecule has 7 nitrogen and oxygen atoms in total. The van der Waals surface area contributed by atoms with Gasteiger partial charge in [-0.3, -0.25) is 25.8 Å². The molecule has 0 aliphatic carbocycles. The number of nitrogens with one attached hydrogen (secondary N) is 3. The van der Waals surface area contributed by atoms with Gasteiger partial charge in [0.25, 0.3) is 11.8 Å².